The average Bonchev–Trinajstić information content (AvgIpc) is 2.36. The molecule has 2 heterocycles. The van der Waals surface area contributed by atoms with Crippen LogP contribution in [0.3, 0.4) is 0 Å². The first-order valence-corrected chi connectivity index (χ1v) is 3.10. The van der Waals surface area contributed by atoms with Gasteiger partial charge in [0.25, 0.3) is 5.91 Å². The maximum absolute atomic E-state index is 11.0. The number of fused-ring (bicyclic) bond motifs is 1. The fourth-order valence-electron chi connectivity index (χ4n) is 1.04. The Kier molecular flexibility index (Phi) is 1.04. The topological polar surface area (TPSA) is 56.4 Å². The van der Waals surface area contributed by atoms with Gasteiger partial charge in [-0.15, -0.1) is 0 Å². The molecule has 0 radical (unpaired) electrons. The first kappa shape index (κ1) is 5.55. The highest BCUT2D eigenvalue weighted by atomic mass is 16.2. The number of rotatable bonds is 0. The minimum Gasteiger partial charge on any atom is -0.361 e. The number of amides is 1. The minimum atomic E-state index is -0.256. The number of hydrazine groups is 1. The summed E-state index contributed by atoms with van der Waals surface area (Å²) in [5.74, 6) is 0.00347. The Morgan fingerprint density at radius 1 is 1.70 bits per heavy atom. The maximum Gasteiger partial charge on any atom is 0.265 e. The smallest absolute Gasteiger partial charge is 0.265 e. The Hall–Kier alpha value is -1.23. The van der Waals surface area contributed by atoms with Gasteiger partial charge in [0.2, 0.25) is 0 Å². The van der Waals surface area contributed by atoms with E-state index in [1.165, 1.54) is 0 Å². The molecule has 2 aliphatic rings. The van der Waals surface area contributed by atoms with Crippen LogP contribution in [0.2, 0.25) is 0 Å². The van der Waals surface area contributed by atoms with Gasteiger partial charge in [-0.05, 0) is 0 Å². The van der Waals surface area contributed by atoms with Gasteiger partial charge in [0.05, 0.1) is 6.67 Å². The van der Waals surface area contributed by atoms with Gasteiger partial charge in [0.15, 0.2) is 6.17 Å². The Morgan fingerprint density at radius 3 is 3.40 bits per heavy atom. The Bertz CT molecular complexity index is 190. The summed E-state index contributed by atoms with van der Waals surface area (Å²) < 4.78 is 0. The second kappa shape index (κ2) is 1.88. The summed E-state index contributed by atoms with van der Waals surface area (Å²) in [5, 5.41) is 7.27. The maximum atomic E-state index is 11.0. The Morgan fingerprint density at radius 2 is 2.60 bits per heavy atom. The molecular weight excluding hydrogens is 132 g/mol. The normalized spacial score (nSPS) is 29.4. The number of nitrogens with one attached hydrogen (secondary N) is 3. The summed E-state index contributed by atoms with van der Waals surface area (Å²) in [6.45, 7) is 0.501. The lowest BCUT2D eigenvalue weighted by Gasteiger charge is -2.29. The van der Waals surface area contributed by atoms with Crippen molar-refractivity contribution in [2.75, 3.05) is 6.67 Å². The fraction of sp³-hybridized carbons (Fsp3) is 0.400. The van der Waals surface area contributed by atoms with E-state index in [0.29, 0.717) is 6.67 Å². The van der Waals surface area contributed by atoms with E-state index in [9.17, 15) is 4.79 Å². The zero-order chi connectivity index (χ0) is 6.97. The zero-order valence-corrected chi connectivity index (χ0v) is 5.29. The molecule has 0 aliphatic carbocycles. The highest BCUT2D eigenvalue weighted by Gasteiger charge is 2.28. The van der Waals surface area contributed by atoms with Gasteiger partial charge in [-0.3, -0.25) is 9.80 Å². The summed E-state index contributed by atoms with van der Waals surface area (Å²) in [6, 6.07) is 0. The SMILES string of the molecule is O=C1NCNN2C=CNC12. The van der Waals surface area contributed by atoms with Crippen LogP contribution in [0.5, 0.6) is 0 Å². The largest absolute Gasteiger partial charge is 0.361 e. The molecule has 10 heavy (non-hydrogen) atoms. The zero-order valence-electron chi connectivity index (χ0n) is 5.29. The van der Waals surface area contributed by atoms with Gasteiger partial charge in [0, 0.05) is 12.4 Å². The first-order valence-electron chi connectivity index (χ1n) is 3.10. The lowest BCUT2D eigenvalue weighted by molar-refractivity contribution is -0.130. The Balaban J connectivity index is 2.14. The molecule has 0 spiro atoms. The summed E-state index contributed by atoms with van der Waals surface area (Å²) in [7, 11) is 0. The van der Waals surface area contributed by atoms with Crippen LogP contribution in [0, 0.1) is 0 Å². The monoisotopic (exact) mass is 140 g/mol. The van der Waals surface area contributed by atoms with Crippen molar-refractivity contribution in [1.82, 2.24) is 21.1 Å². The fourth-order valence-corrected chi connectivity index (χ4v) is 1.04. The van der Waals surface area contributed by atoms with Crippen molar-refractivity contribution in [3.05, 3.63) is 12.4 Å². The molecule has 1 amide bonds. The van der Waals surface area contributed by atoms with Crippen LogP contribution in [0.25, 0.3) is 0 Å². The highest BCUT2D eigenvalue weighted by molar-refractivity contribution is 5.82. The van der Waals surface area contributed by atoms with E-state index in [0.717, 1.165) is 0 Å². The molecule has 5 nitrogen and oxygen atoms in total. The van der Waals surface area contributed by atoms with Gasteiger partial charge in [-0.2, -0.15) is 0 Å². The molecule has 2 aliphatic heterocycles. The third-order valence-electron chi connectivity index (χ3n) is 1.54. The molecule has 54 valence electrons. The van der Waals surface area contributed by atoms with Gasteiger partial charge >= 0.3 is 0 Å². The lowest BCUT2D eigenvalue weighted by atomic mass is 10.4. The molecule has 0 aromatic rings. The summed E-state index contributed by atoms with van der Waals surface area (Å²) in [5.41, 5.74) is 2.96. The molecule has 1 saturated heterocycles. The van der Waals surface area contributed by atoms with Crippen molar-refractivity contribution in [3.8, 4) is 0 Å². The summed E-state index contributed by atoms with van der Waals surface area (Å²) >= 11 is 0. The molecule has 0 bridgehead atoms. The minimum absolute atomic E-state index is 0.00347. The molecule has 1 atom stereocenters. The predicted molar refractivity (Wildman–Crippen MR) is 34.0 cm³/mol. The van der Waals surface area contributed by atoms with E-state index in [-0.39, 0.29) is 12.1 Å². The van der Waals surface area contributed by atoms with Crippen LogP contribution < -0.4 is 16.1 Å². The van der Waals surface area contributed by atoms with Crippen LogP contribution in [0.15, 0.2) is 12.4 Å². The predicted octanol–water partition coefficient (Wildman–Crippen LogP) is -1.72. The van der Waals surface area contributed by atoms with Crippen molar-refractivity contribution >= 4 is 5.91 Å². The number of hydrogen-bond acceptors (Lipinski definition) is 4. The molecule has 5 heteroatoms. The van der Waals surface area contributed by atoms with Crippen molar-refractivity contribution in [1.29, 1.82) is 0 Å². The first-order chi connectivity index (χ1) is 4.88. The molecule has 0 saturated carbocycles. The van der Waals surface area contributed by atoms with Crippen LogP contribution in [-0.2, 0) is 4.79 Å². The standard InChI is InChI=1S/C5H8N4O/c10-5-4-6-1-2-9(4)8-3-7-5/h1-2,4,6,8H,3H2,(H,7,10). The molecule has 3 N–H and O–H groups in total. The van der Waals surface area contributed by atoms with E-state index in [2.05, 4.69) is 16.1 Å². The van der Waals surface area contributed by atoms with Crippen molar-refractivity contribution in [3.63, 3.8) is 0 Å². The number of nitrogens with zero attached hydrogens (tertiary/aromatic N) is 1. The van der Waals surface area contributed by atoms with Crippen LogP contribution in [-0.4, -0.2) is 23.8 Å². The van der Waals surface area contributed by atoms with Crippen molar-refractivity contribution < 1.29 is 4.79 Å². The third kappa shape index (κ3) is 0.640. The van der Waals surface area contributed by atoms with E-state index in [1.54, 1.807) is 17.4 Å². The molecular formula is C5H8N4O. The molecule has 1 fully saturated rings. The lowest BCUT2D eigenvalue weighted by Crippen LogP contribution is -2.61. The van der Waals surface area contributed by atoms with Crippen molar-refractivity contribution in [2.45, 2.75) is 6.17 Å². The van der Waals surface area contributed by atoms with Crippen LogP contribution >= 0.6 is 0 Å². The van der Waals surface area contributed by atoms with E-state index in [4.69, 9.17) is 0 Å². The third-order valence-corrected chi connectivity index (χ3v) is 1.54. The van der Waals surface area contributed by atoms with Gasteiger partial charge in [-0.1, -0.05) is 0 Å². The number of carbonyl (C=O) groups excluding carboxylic acids is 1. The van der Waals surface area contributed by atoms with Crippen LogP contribution in [0.1, 0.15) is 0 Å². The summed E-state index contributed by atoms with van der Waals surface area (Å²) in [4.78, 5) is 11.0. The molecule has 0 aromatic carbocycles. The van der Waals surface area contributed by atoms with Gasteiger partial charge < -0.3 is 10.6 Å². The average molecular weight is 140 g/mol. The highest BCUT2D eigenvalue weighted by Crippen LogP contribution is 2.02. The second-order valence-electron chi connectivity index (χ2n) is 2.17. The van der Waals surface area contributed by atoms with E-state index in [1.807, 2.05) is 0 Å². The number of hydrogen-bond donors (Lipinski definition) is 3. The van der Waals surface area contributed by atoms with Crippen molar-refractivity contribution in [2.24, 2.45) is 0 Å². The van der Waals surface area contributed by atoms with Gasteiger partial charge in [0.1, 0.15) is 0 Å². The molecule has 1 unspecified atom stereocenters. The van der Waals surface area contributed by atoms with E-state index < -0.39 is 0 Å². The molecule has 0 aromatic heterocycles. The quantitative estimate of drug-likeness (QED) is 0.374. The second-order valence-corrected chi connectivity index (χ2v) is 2.17. The van der Waals surface area contributed by atoms with Crippen LogP contribution in [0.4, 0.5) is 0 Å². The summed E-state index contributed by atoms with van der Waals surface area (Å²) in [6.07, 6.45) is 3.28. The number of carbonyl (C=O) groups is 1. The van der Waals surface area contributed by atoms with Gasteiger partial charge in [-0.25, -0.2) is 5.43 Å². The molecule has 2 rings (SSSR count). The van der Waals surface area contributed by atoms with E-state index >= 15 is 0 Å². The Labute approximate surface area is 58.0 Å².